The third kappa shape index (κ3) is 2.75. The quantitative estimate of drug-likeness (QED) is 0.714. The lowest BCUT2D eigenvalue weighted by atomic mass is 10.2. The van der Waals surface area contributed by atoms with Crippen LogP contribution in [-0.4, -0.2) is 19.7 Å². The molecule has 0 radical (unpaired) electrons. The minimum Gasteiger partial charge on any atom is -0.395 e. The lowest BCUT2D eigenvalue weighted by Crippen LogP contribution is -2.26. The first-order chi connectivity index (χ1) is 11.8. The number of alkyl halides is 2. The lowest BCUT2D eigenvalue weighted by Gasteiger charge is -2.10. The Balaban J connectivity index is 1.75. The van der Waals surface area contributed by atoms with Gasteiger partial charge in [0, 0.05) is 22.1 Å². The molecule has 25 heavy (non-hydrogen) atoms. The number of ether oxygens (including phenoxy) is 2. The summed E-state index contributed by atoms with van der Waals surface area (Å²) >= 11 is 5.88. The number of aromatic amines is 1. The molecule has 0 spiro atoms. The van der Waals surface area contributed by atoms with Crippen molar-refractivity contribution in [3.63, 3.8) is 0 Å². The van der Waals surface area contributed by atoms with Crippen LogP contribution >= 0.6 is 11.6 Å². The van der Waals surface area contributed by atoms with Crippen LogP contribution in [0.1, 0.15) is 0 Å². The molecule has 2 aromatic carbocycles. The van der Waals surface area contributed by atoms with Crippen LogP contribution in [0, 0.1) is 0 Å². The second-order valence-corrected chi connectivity index (χ2v) is 7.34. The molecule has 2 heterocycles. The molecule has 1 aliphatic rings. The highest BCUT2D eigenvalue weighted by Gasteiger charge is 2.45. The predicted molar refractivity (Wildman–Crippen MR) is 86.8 cm³/mol. The zero-order valence-electron chi connectivity index (χ0n) is 12.2. The van der Waals surface area contributed by atoms with Crippen LogP contribution in [-0.2, 0) is 10.0 Å². The molecule has 0 bridgehead atoms. The van der Waals surface area contributed by atoms with E-state index in [9.17, 15) is 17.2 Å². The molecule has 1 aromatic heterocycles. The van der Waals surface area contributed by atoms with Crippen LogP contribution < -0.4 is 14.2 Å². The van der Waals surface area contributed by atoms with E-state index in [1.54, 1.807) is 18.2 Å². The highest BCUT2D eigenvalue weighted by molar-refractivity contribution is 7.93. The van der Waals surface area contributed by atoms with Crippen molar-refractivity contribution < 1.29 is 26.7 Å². The summed E-state index contributed by atoms with van der Waals surface area (Å²) in [5.74, 6) is -0.630. The Hall–Kier alpha value is -2.52. The number of rotatable bonds is 3. The van der Waals surface area contributed by atoms with Gasteiger partial charge in [0.1, 0.15) is 4.90 Å². The van der Waals surface area contributed by atoms with Gasteiger partial charge in [0.15, 0.2) is 11.5 Å². The number of halogens is 3. The van der Waals surface area contributed by atoms with Gasteiger partial charge >= 0.3 is 6.29 Å². The fourth-order valence-corrected chi connectivity index (χ4v) is 3.96. The first-order valence-corrected chi connectivity index (χ1v) is 8.80. The van der Waals surface area contributed by atoms with Crippen molar-refractivity contribution in [2.45, 2.75) is 11.2 Å². The smallest absolute Gasteiger partial charge is 0.395 e. The minimum atomic E-state index is -4.07. The highest BCUT2D eigenvalue weighted by Crippen LogP contribution is 2.46. The van der Waals surface area contributed by atoms with Crippen molar-refractivity contribution in [3.05, 3.63) is 47.6 Å². The predicted octanol–water partition coefficient (Wildman–Crippen LogP) is 3.94. The minimum absolute atomic E-state index is 0.0533. The van der Waals surface area contributed by atoms with E-state index in [0.717, 1.165) is 0 Å². The number of sulfonamides is 1. The average Bonchev–Trinajstić information content (AvgIpc) is 3.06. The van der Waals surface area contributed by atoms with Gasteiger partial charge < -0.3 is 14.5 Å². The van der Waals surface area contributed by atoms with Crippen molar-refractivity contribution in [1.82, 2.24) is 4.98 Å². The van der Waals surface area contributed by atoms with Gasteiger partial charge in [0.05, 0.1) is 5.69 Å². The summed E-state index contributed by atoms with van der Waals surface area (Å²) in [6.45, 7) is 0. The van der Waals surface area contributed by atoms with Gasteiger partial charge in [-0.05, 0) is 30.3 Å². The molecule has 0 amide bonds. The Morgan fingerprint density at radius 3 is 2.76 bits per heavy atom. The summed E-state index contributed by atoms with van der Waals surface area (Å²) in [4.78, 5) is 2.75. The molecule has 0 aliphatic carbocycles. The van der Waals surface area contributed by atoms with Crippen molar-refractivity contribution in [1.29, 1.82) is 0 Å². The Labute approximate surface area is 145 Å². The zero-order valence-corrected chi connectivity index (χ0v) is 13.8. The number of benzene rings is 2. The van der Waals surface area contributed by atoms with Gasteiger partial charge in [0.2, 0.25) is 0 Å². The van der Waals surface area contributed by atoms with Gasteiger partial charge in [0.25, 0.3) is 10.0 Å². The van der Waals surface area contributed by atoms with E-state index in [2.05, 4.69) is 19.2 Å². The summed E-state index contributed by atoms with van der Waals surface area (Å²) in [5, 5.41) is 0.854. The molecule has 4 rings (SSSR count). The number of para-hydroxylation sites is 1. The van der Waals surface area contributed by atoms with Crippen molar-refractivity contribution in [2.24, 2.45) is 0 Å². The molecule has 6 nitrogen and oxygen atoms in total. The normalized spacial score (nSPS) is 15.5. The number of hydrogen-bond donors (Lipinski definition) is 2. The van der Waals surface area contributed by atoms with Crippen molar-refractivity contribution >= 4 is 38.2 Å². The molecule has 130 valence electrons. The molecule has 0 saturated heterocycles. The van der Waals surface area contributed by atoms with E-state index in [4.69, 9.17) is 11.6 Å². The van der Waals surface area contributed by atoms with Gasteiger partial charge in [-0.3, -0.25) is 4.72 Å². The molecule has 0 saturated carbocycles. The fraction of sp³-hybridized carbons (Fsp3) is 0.0667. The summed E-state index contributed by atoms with van der Waals surface area (Å²) in [7, 11) is -4.07. The van der Waals surface area contributed by atoms with E-state index in [1.165, 1.54) is 24.4 Å². The summed E-state index contributed by atoms with van der Waals surface area (Å²) in [6, 6.07) is 8.60. The van der Waals surface area contributed by atoms with Crippen LogP contribution in [0.25, 0.3) is 10.9 Å². The molecule has 1 aliphatic heterocycles. The van der Waals surface area contributed by atoms with Gasteiger partial charge in [-0.1, -0.05) is 17.7 Å². The van der Waals surface area contributed by atoms with E-state index < -0.39 is 16.3 Å². The monoisotopic (exact) mass is 386 g/mol. The number of H-pyrrole nitrogens is 1. The maximum atomic E-state index is 13.2. The van der Waals surface area contributed by atoms with E-state index in [0.29, 0.717) is 15.9 Å². The maximum Gasteiger partial charge on any atom is 0.586 e. The third-order valence-electron chi connectivity index (χ3n) is 3.57. The van der Waals surface area contributed by atoms with Gasteiger partial charge in [-0.2, -0.15) is 0 Å². The maximum absolute atomic E-state index is 13.2. The van der Waals surface area contributed by atoms with Crippen molar-refractivity contribution in [3.8, 4) is 11.5 Å². The molecule has 3 aromatic rings. The molecule has 0 unspecified atom stereocenters. The number of aromatic nitrogens is 1. The summed E-state index contributed by atoms with van der Waals surface area (Å²) in [6.07, 6.45) is -2.56. The Bertz CT molecular complexity index is 1100. The number of anilines is 1. The molecule has 0 atom stereocenters. The van der Waals surface area contributed by atoms with Crippen molar-refractivity contribution in [2.75, 3.05) is 4.72 Å². The zero-order chi connectivity index (χ0) is 17.8. The van der Waals surface area contributed by atoms with E-state index in [-0.39, 0.29) is 22.1 Å². The second kappa shape index (κ2) is 5.24. The standard InChI is InChI=1S/C15H9ClF2N2O4S/c16-8-4-5-9-11(6-8)19-7-13(9)25(21,22)20-10-2-1-3-12-14(10)24-15(17,18)23-12/h1-7,19-20H. The lowest BCUT2D eigenvalue weighted by molar-refractivity contribution is -0.286. The van der Waals surface area contributed by atoms with Crippen LogP contribution in [0.15, 0.2) is 47.5 Å². The number of hydrogen-bond acceptors (Lipinski definition) is 4. The largest absolute Gasteiger partial charge is 0.586 e. The first kappa shape index (κ1) is 16.0. The summed E-state index contributed by atoms with van der Waals surface area (Å²) < 4.78 is 62.8. The molecular formula is C15H9ClF2N2O4S. The first-order valence-electron chi connectivity index (χ1n) is 6.93. The van der Waals surface area contributed by atoms with Crippen LogP contribution in [0.4, 0.5) is 14.5 Å². The van der Waals surface area contributed by atoms with Crippen LogP contribution in [0.2, 0.25) is 5.02 Å². The number of fused-ring (bicyclic) bond motifs is 2. The molecule has 10 heteroatoms. The van der Waals surface area contributed by atoms with Gasteiger partial charge in [-0.15, -0.1) is 8.78 Å². The molecule has 2 N–H and O–H groups in total. The fourth-order valence-electron chi connectivity index (χ4n) is 2.54. The Kier molecular flexibility index (Phi) is 3.35. The van der Waals surface area contributed by atoms with Crippen LogP contribution in [0.5, 0.6) is 11.5 Å². The Morgan fingerprint density at radius 2 is 1.96 bits per heavy atom. The highest BCUT2D eigenvalue weighted by atomic mass is 35.5. The number of nitrogens with one attached hydrogen (secondary N) is 2. The second-order valence-electron chi connectivity index (χ2n) is 5.25. The average molecular weight is 387 g/mol. The van der Waals surface area contributed by atoms with E-state index in [1.807, 2.05) is 0 Å². The molecular weight excluding hydrogens is 378 g/mol. The van der Waals surface area contributed by atoms with Gasteiger partial charge in [-0.25, -0.2) is 8.42 Å². The molecule has 0 fully saturated rings. The van der Waals surface area contributed by atoms with E-state index >= 15 is 0 Å². The summed E-state index contributed by atoms with van der Waals surface area (Å²) in [5.41, 5.74) is 0.371. The van der Waals surface area contributed by atoms with Crippen LogP contribution in [0.3, 0.4) is 0 Å². The Morgan fingerprint density at radius 1 is 1.16 bits per heavy atom. The topological polar surface area (TPSA) is 80.4 Å². The SMILES string of the molecule is O=S(=O)(Nc1cccc2c1OC(F)(F)O2)c1c[nH]c2cc(Cl)ccc12. The third-order valence-corrected chi connectivity index (χ3v) is 5.21.